The third-order valence-electron chi connectivity index (χ3n) is 5.54. The molecule has 3 amide bonds. The molecule has 0 aliphatic carbocycles. The average Bonchev–Trinajstić information content (AvgIpc) is 2.89. The van der Waals surface area contributed by atoms with E-state index in [-0.39, 0.29) is 13.0 Å². The lowest BCUT2D eigenvalue weighted by molar-refractivity contribution is -0.146. The van der Waals surface area contributed by atoms with Crippen LogP contribution in [0.2, 0.25) is 0 Å². The largest absolute Gasteiger partial charge is 0.497 e. The summed E-state index contributed by atoms with van der Waals surface area (Å²) in [5.41, 5.74) is 1.57. The Bertz CT molecular complexity index is 1030. The molecule has 0 saturated carbocycles. The van der Waals surface area contributed by atoms with E-state index in [9.17, 15) is 19.2 Å². The third kappa shape index (κ3) is 8.30. The molecule has 2 aromatic carbocycles. The van der Waals surface area contributed by atoms with Crippen molar-refractivity contribution in [3.63, 3.8) is 0 Å². The first-order chi connectivity index (χ1) is 17.2. The molecule has 0 saturated heterocycles. The van der Waals surface area contributed by atoms with Crippen LogP contribution in [0.25, 0.3) is 0 Å². The Kier molecular flexibility index (Phi) is 10.7. The van der Waals surface area contributed by atoms with Gasteiger partial charge in [-0.25, -0.2) is 9.59 Å². The molecule has 0 heterocycles. The molecule has 0 aliphatic rings. The molecule has 0 fully saturated rings. The second kappa shape index (κ2) is 13.7. The minimum Gasteiger partial charge on any atom is -0.497 e. The zero-order chi connectivity index (χ0) is 26.7. The van der Waals surface area contributed by atoms with E-state index >= 15 is 0 Å². The van der Waals surface area contributed by atoms with Crippen LogP contribution in [0.3, 0.4) is 0 Å². The maximum Gasteiger partial charge on any atom is 0.408 e. The predicted octanol–water partition coefficient (Wildman–Crippen LogP) is 2.06. The summed E-state index contributed by atoms with van der Waals surface area (Å²) >= 11 is 0. The number of carbonyl (C=O) groups excluding carboxylic acids is 4. The van der Waals surface area contributed by atoms with Gasteiger partial charge in [0.2, 0.25) is 11.8 Å². The second-order valence-corrected chi connectivity index (χ2v) is 8.20. The molecule has 10 nitrogen and oxygen atoms in total. The Balaban J connectivity index is 2.10. The van der Waals surface area contributed by atoms with Crippen LogP contribution in [0.4, 0.5) is 4.79 Å². The van der Waals surface area contributed by atoms with Gasteiger partial charge >= 0.3 is 12.1 Å². The fourth-order valence-electron chi connectivity index (χ4n) is 3.40. The van der Waals surface area contributed by atoms with Crippen LogP contribution in [0, 0.1) is 0 Å². The smallest absolute Gasteiger partial charge is 0.408 e. The van der Waals surface area contributed by atoms with Crippen molar-refractivity contribution in [3.8, 4) is 5.75 Å². The number of carbonyl (C=O) groups is 4. The van der Waals surface area contributed by atoms with Gasteiger partial charge in [0.1, 0.15) is 30.5 Å². The number of nitrogens with one attached hydrogen (secondary N) is 2. The van der Waals surface area contributed by atoms with E-state index in [0.29, 0.717) is 5.75 Å². The molecule has 2 rings (SSSR count). The molecule has 0 radical (unpaired) electrons. The van der Waals surface area contributed by atoms with Crippen LogP contribution < -0.4 is 15.4 Å². The lowest BCUT2D eigenvalue weighted by Gasteiger charge is -2.30. The molecular weight excluding hydrogens is 466 g/mol. The number of alkyl carbamates (subject to hydrolysis) is 1. The fraction of sp³-hybridized carbons (Fsp3) is 0.385. The maximum absolute atomic E-state index is 13.1. The lowest BCUT2D eigenvalue weighted by atomic mass is 10.0. The molecule has 2 aromatic rings. The van der Waals surface area contributed by atoms with E-state index in [1.54, 1.807) is 31.4 Å². The number of hydrogen-bond donors (Lipinski definition) is 2. The quantitative estimate of drug-likeness (QED) is 0.454. The highest BCUT2D eigenvalue weighted by Crippen LogP contribution is 2.15. The van der Waals surface area contributed by atoms with Crippen molar-refractivity contribution in [1.29, 1.82) is 0 Å². The molecule has 0 bridgehead atoms. The van der Waals surface area contributed by atoms with Crippen LogP contribution in [0.1, 0.15) is 25.0 Å². The van der Waals surface area contributed by atoms with E-state index in [0.717, 1.165) is 11.1 Å². The predicted molar refractivity (Wildman–Crippen MR) is 132 cm³/mol. The number of likely N-dealkylation sites (N-methyl/N-ethyl adjacent to an activating group) is 1. The highest BCUT2D eigenvalue weighted by atomic mass is 16.5. The van der Waals surface area contributed by atoms with E-state index in [2.05, 4.69) is 15.4 Å². The number of benzene rings is 2. The molecule has 0 aliphatic heterocycles. The number of amides is 3. The summed E-state index contributed by atoms with van der Waals surface area (Å²) < 4.78 is 15.0. The Morgan fingerprint density at radius 3 is 2.08 bits per heavy atom. The van der Waals surface area contributed by atoms with Crippen molar-refractivity contribution in [1.82, 2.24) is 15.5 Å². The zero-order valence-corrected chi connectivity index (χ0v) is 21.1. The topological polar surface area (TPSA) is 123 Å². The van der Waals surface area contributed by atoms with Crippen LogP contribution >= 0.6 is 0 Å². The highest BCUT2D eigenvalue weighted by molar-refractivity contribution is 5.92. The molecule has 3 atom stereocenters. The Morgan fingerprint density at radius 2 is 1.50 bits per heavy atom. The number of esters is 1. The first kappa shape index (κ1) is 28.2. The van der Waals surface area contributed by atoms with E-state index in [4.69, 9.17) is 9.47 Å². The first-order valence-electron chi connectivity index (χ1n) is 11.4. The van der Waals surface area contributed by atoms with Gasteiger partial charge < -0.3 is 29.7 Å². The normalized spacial score (nSPS) is 12.9. The highest BCUT2D eigenvalue weighted by Gasteiger charge is 2.32. The van der Waals surface area contributed by atoms with Gasteiger partial charge in [-0.2, -0.15) is 0 Å². The Hall–Kier alpha value is -4.08. The maximum atomic E-state index is 13.1. The second-order valence-electron chi connectivity index (χ2n) is 8.20. The monoisotopic (exact) mass is 499 g/mol. The molecule has 10 heteroatoms. The summed E-state index contributed by atoms with van der Waals surface area (Å²) in [5, 5.41) is 5.08. The molecule has 0 unspecified atom stereocenters. The minimum atomic E-state index is -0.970. The zero-order valence-electron chi connectivity index (χ0n) is 21.1. The third-order valence-corrected chi connectivity index (χ3v) is 5.54. The van der Waals surface area contributed by atoms with Crippen LogP contribution in [-0.2, 0) is 36.9 Å². The number of hydrogen-bond acceptors (Lipinski definition) is 7. The summed E-state index contributed by atoms with van der Waals surface area (Å²) in [4.78, 5) is 51.5. The van der Waals surface area contributed by atoms with Gasteiger partial charge in [0, 0.05) is 13.5 Å². The van der Waals surface area contributed by atoms with E-state index in [1.165, 1.54) is 32.9 Å². The summed E-state index contributed by atoms with van der Waals surface area (Å²) in [6.45, 7) is 3.04. The SMILES string of the molecule is COC(=O)[C@H](C)NC(=O)[C@H](Cc1ccc(OC)cc1)N(C)C(=O)[C@H](C)NC(=O)OCc1ccccc1. The summed E-state index contributed by atoms with van der Waals surface area (Å²) in [6, 6.07) is 13.3. The van der Waals surface area contributed by atoms with E-state index in [1.807, 2.05) is 30.3 Å². The van der Waals surface area contributed by atoms with Crippen molar-refractivity contribution in [2.75, 3.05) is 21.3 Å². The number of rotatable bonds is 11. The Morgan fingerprint density at radius 1 is 0.861 bits per heavy atom. The lowest BCUT2D eigenvalue weighted by Crippen LogP contribution is -2.56. The van der Waals surface area contributed by atoms with Crippen molar-refractivity contribution in [3.05, 3.63) is 65.7 Å². The van der Waals surface area contributed by atoms with Crippen molar-refractivity contribution < 1.29 is 33.4 Å². The number of nitrogens with zero attached hydrogens (tertiary/aromatic N) is 1. The minimum absolute atomic E-state index is 0.0529. The summed E-state index contributed by atoms with van der Waals surface area (Å²) in [5.74, 6) is -1.02. The van der Waals surface area contributed by atoms with E-state index < -0.39 is 42.0 Å². The van der Waals surface area contributed by atoms with Crippen molar-refractivity contribution >= 4 is 23.9 Å². The number of methoxy groups -OCH3 is 2. The molecular formula is C26H33N3O7. The van der Waals surface area contributed by atoms with Gasteiger partial charge in [0.05, 0.1) is 14.2 Å². The summed E-state index contributed by atoms with van der Waals surface area (Å²) in [7, 11) is 4.23. The average molecular weight is 500 g/mol. The van der Waals surface area contributed by atoms with Gasteiger partial charge in [-0.05, 0) is 37.1 Å². The van der Waals surface area contributed by atoms with Crippen LogP contribution in [0.15, 0.2) is 54.6 Å². The molecule has 0 aromatic heterocycles. The summed E-state index contributed by atoms with van der Waals surface area (Å²) in [6.07, 6.45) is -0.597. The first-order valence-corrected chi connectivity index (χ1v) is 11.4. The van der Waals surface area contributed by atoms with Gasteiger partial charge in [-0.1, -0.05) is 42.5 Å². The van der Waals surface area contributed by atoms with Crippen molar-refractivity contribution in [2.24, 2.45) is 0 Å². The van der Waals surface area contributed by atoms with Crippen LogP contribution in [-0.4, -0.2) is 68.2 Å². The molecule has 0 spiro atoms. The van der Waals surface area contributed by atoms with Crippen molar-refractivity contribution in [2.45, 2.75) is 45.0 Å². The van der Waals surface area contributed by atoms with Crippen LogP contribution in [0.5, 0.6) is 5.75 Å². The molecule has 36 heavy (non-hydrogen) atoms. The van der Waals surface area contributed by atoms with Gasteiger partial charge in [-0.3, -0.25) is 9.59 Å². The standard InChI is InChI=1S/C26H33N3O7/c1-17(28-26(33)36-16-20-9-7-6-8-10-20)24(31)29(3)22(23(30)27-18(2)25(32)35-5)15-19-11-13-21(34-4)14-12-19/h6-14,17-18,22H,15-16H2,1-5H3,(H,27,30)(H,28,33)/t17-,18-,22-/m0/s1. The van der Waals surface area contributed by atoms with Gasteiger partial charge in [0.25, 0.3) is 0 Å². The molecule has 2 N–H and O–H groups in total. The van der Waals surface area contributed by atoms with Gasteiger partial charge in [0.15, 0.2) is 0 Å². The molecule has 194 valence electrons. The number of ether oxygens (including phenoxy) is 3. The van der Waals surface area contributed by atoms with Gasteiger partial charge in [-0.15, -0.1) is 0 Å². The fourth-order valence-corrected chi connectivity index (χ4v) is 3.40. The Labute approximate surface area is 210 Å².